The number of benzene rings is 1. The van der Waals surface area contributed by atoms with Gasteiger partial charge in [0.05, 0.1) is 4.90 Å². The third-order valence-corrected chi connectivity index (χ3v) is 6.89. The van der Waals surface area contributed by atoms with Crippen molar-refractivity contribution < 1.29 is 13.2 Å². The zero-order valence-corrected chi connectivity index (χ0v) is 14.0. The van der Waals surface area contributed by atoms with Crippen LogP contribution in [0.25, 0.3) is 0 Å². The van der Waals surface area contributed by atoms with Gasteiger partial charge in [0.25, 0.3) is 0 Å². The molecule has 2 rings (SSSR count). The van der Waals surface area contributed by atoms with E-state index in [9.17, 15) is 13.2 Å². The molecule has 6 heteroatoms. The SMILES string of the molecule is CCC(=O)c1cccc(S(=O)(=O)NCC2(SC)CCC2)c1. The van der Waals surface area contributed by atoms with Crippen LogP contribution in [0.4, 0.5) is 0 Å². The van der Waals surface area contributed by atoms with E-state index in [0.717, 1.165) is 19.3 Å². The van der Waals surface area contributed by atoms with E-state index in [4.69, 9.17) is 0 Å². The van der Waals surface area contributed by atoms with E-state index in [-0.39, 0.29) is 15.4 Å². The molecule has 1 aliphatic carbocycles. The molecule has 1 aliphatic rings. The molecule has 0 bridgehead atoms. The summed E-state index contributed by atoms with van der Waals surface area (Å²) in [4.78, 5) is 11.9. The summed E-state index contributed by atoms with van der Waals surface area (Å²) in [6.07, 6.45) is 5.64. The summed E-state index contributed by atoms with van der Waals surface area (Å²) in [5.74, 6) is -0.0494. The smallest absolute Gasteiger partial charge is 0.240 e. The lowest BCUT2D eigenvalue weighted by Crippen LogP contribution is -2.45. The van der Waals surface area contributed by atoms with Gasteiger partial charge in [-0.1, -0.05) is 25.5 Å². The molecule has 0 saturated heterocycles. The second-order valence-corrected chi connectivity index (χ2v) is 8.41. The zero-order valence-electron chi connectivity index (χ0n) is 12.4. The van der Waals surface area contributed by atoms with Crippen molar-refractivity contribution in [1.29, 1.82) is 0 Å². The Hall–Kier alpha value is -0.850. The standard InChI is InChI=1S/C15H21NO3S2/c1-3-14(17)12-6-4-7-13(10-12)21(18,19)16-11-15(20-2)8-5-9-15/h4,6-7,10,16H,3,5,8-9,11H2,1-2H3. The Kier molecular flexibility index (Phi) is 5.11. The van der Waals surface area contributed by atoms with Gasteiger partial charge in [-0.2, -0.15) is 11.8 Å². The number of hydrogen-bond donors (Lipinski definition) is 1. The molecule has 1 N–H and O–H groups in total. The van der Waals surface area contributed by atoms with Crippen molar-refractivity contribution in [3.8, 4) is 0 Å². The molecule has 0 amide bonds. The predicted molar refractivity (Wildman–Crippen MR) is 86.3 cm³/mol. The second kappa shape index (κ2) is 6.50. The molecule has 1 fully saturated rings. The molecule has 0 spiro atoms. The van der Waals surface area contributed by atoms with E-state index in [1.54, 1.807) is 30.8 Å². The van der Waals surface area contributed by atoms with Gasteiger partial charge in [0.2, 0.25) is 10.0 Å². The highest BCUT2D eigenvalue weighted by atomic mass is 32.2. The molecular formula is C15H21NO3S2. The fourth-order valence-corrected chi connectivity index (χ4v) is 4.55. The Morgan fingerprint density at radius 3 is 2.62 bits per heavy atom. The molecule has 0 unspecified atom stereocenters. The van der Waals surface area contributed by atoms with Gasteiger partial charge in [0.1, 0.15) is 0 Å². The Morgan fingerprint density at radius 2 is 2.10 bits per heavy atom. The van der Waals surface area contributed by atoms with Gasteiger partial charge in [-0.05, 0) is 31.2 Å². The Labute approximate surface area is 130 Å². The summed E-state index contributed by atoms with van der Waals surface area (Å²) >= 11 is 1.73. The number of thioether (sulfide) groups is 1. The molecule has 0 radical (unpaired) electrons. The minimum atomic E-state index is -3.56. The molecular weight excluding hydrogens is 306 g/mol. The third-order valence-electron chi connectivity index (χ3n) is 4.07. The van der Waals surface area contributed by atoms with E-state index in [1.807, 2.05) is 6.26 Å². The lowest BCUT2D eigenvalue weighted by Gasteiger charge is -2.40. The quantitative estimate of drug-likeness (QED) is 0.782. The highest BCUT2D eigenvalue weighted by molar-refractivity contribution is 8.00. The molecule has 21 heavy (non-hydrogen) atoms. The van der Waals surface area contributed by atoms with Gasteiger partial charge in [-0.3, -0.25) is 4.79 Å². The van der Waals surface area contributed by atoms with Gasteiger partial charge < -0.3 is 0 Å². The Balaban J connectivity index is 2.14. The van der Waals surface area contributed by atoms with Crippen LogP contribution in [0, 0.1) is 0 Å². The van der Waals surface area contributed by atoms with Crippen LogP contribution >= 0.6 is 11.8 Å². The number of carbonyl (C=O) groups excluding carboxylic acids is 1. The zero-order chi connectivity index (χ0) is 15.5. The number of carbonyl (C=O) groups is 1. The highest BCUT2D eigenvalue weighted by Crippen LogP contribution is 2.42. The van der Waals surface area contributed by atoms with E-state index < -0.39 is 10.0 Å². The number of Topliss-reactive ketones (excluding diaryl/α,β-unsaturated/α-hetero) is 1. The predicted octanol–water partition coefficient (Wildman–Crippen LogP) is 2.84. The van der Waals surface area contributed by atoms with Gasteiger partial charge in [0, 0.05) is 23.3 Å². The maximum atomic E-state index is 12.4. The number of nitrogens with one attached hydrogen (secondary N) is 1. The monoisotopic (exact) mass is 327 g/mol. The number of sulfonamides is 1. The lowest BCUT2D eigenvalue weighted by atomic mass is 9.84. The van der Waals surface area contributed by atoms with Crippen LogP contribution in [0.3, 0.4) is 0 Å². The van der Waals surface area contributed by atoms with Gasteiger partial charge in [-0.15, -0.1) is 0 Å². The first-order valence-corrected chi connectivity index (χ1v) is 9.81. The molecule has 1 saturated carbocycles. The first kappa shape index (κ1) is 16.5. The lowest BCUT2D eigenvalue weighted by molar-refractivity contribution is 0.0988. The van der Waals surface area contributed by atoms with Crippen molar-refractivity contribution in [3.05, 3.63) is 29.8 Å². The summed E-state index contributed by atoms with van der Waals surface area (Å²) in [7, 11) is -3.56. The van der Waals surface area contributed by atoms with Gasteiger partial charge in [0.15, 0.2) is 5.78 Å². The minimum absolute atomic E-state index is 0.0456. The van der Waals surface area contributed by atoms with Crippen molar-refractivity contribution in [1.82, 2.24) is 4.72 Å². The maximum Gasteiger partial charge on any atom is 0.240 e. The molecule has 1 aromatic carbocycles. The Bertz CT molecular complexity index is 616. The molecule has 1 aromatic rings. The average Bonchev–Trinajstić information content (AvgIpc) is 2.46. The van der Waals surface area contributed by atoms with Crippen LogP contribution in [0.1, 0.15) is 43.0 Å². The Morgan fingerprint density at radius 1 is 1.38 bits per heavy atom. The van der Waals surface area contributed by atoms with Crippen LogP contribution in [0.15, 0.2) is 29.2 Å². The van der Waals surface area contributed by atoms with Crippen molar-refractivity contribution in [2.75, 3.05) is 12.8 Å². The van der Waals surface area contributed by atoms with Gasteiger partial charge >= 0.3 is 0 Å². The second-order valence-electron chi connectivity index (χ2n) is 5.37. The molecule has 0 atom stereocenters. The van der Waals surface area contributed by atoms with Crippen LogP contribution < -0.4 is 4.72 Å². The fraction of sp³-hybridized carbons (Fsp3) is 0.533. The van der Waals surface area contributed by atoms with Gasteiger partial charge in [-0.25, -0.2) is 13.1 Å². The summed E-state index contributed by atoms with van der Waals surface area (Å²) in [6, 6.07) is 6.26. The molecule has 0 aromatic heterocycles. The molecule has 0 aliphatic heterocycles. The molecule has 0 heterocycles. The third kappa shape index (κ3) is 3.67. The van der Waals surface area contributed by atoms with Crippen LogP contribution in [0.5, 0.6) is 0 Å². The number of rotatable bonds is 7. The first-order chi connectivity index (χ1) is 9.92. The minimum Gasteiger partial charge on any atom is -0.294 e. The fourth-order valence-electron chi connectivity index (χ4n) is 2.37. The molecule has 116 valence electrons. The van der Waals surface area contributed by atoms with Crippen LogP contribution in [-0.4, -0.2) is 31.7 Å². The van der Waals surface area contributed by atoms with Crippen molar-refractivity contribution in [3.63, 3.8) is 0 Å². The van der Waals surface area contributed by atoms with Crippen molar-refractivity contribution in [2.24, 2.45) is 0 Å². The van der Waals surface area contributed by atoms with Crippen LogP contribution in [0.2, 0.25) is 0 Å². The maximum absolute atomic E-state index is 12.4. The normalized spacial score (nSPS) is 17.2. The molecule has 4 nitrogen and oxygen atoms in total. The highest BCUT2D eigenvalue weighted by Gasteiger charge is 2.37. The van der Waals surface area contributed by atoms with Crippen LogP contribution in [-0.2, 0) is 10.0 Å². The van der Waals surface area contributed by atoms with Crippen molar-refractivity contribution >= 4 is 27.6 Å². The average molecular weight is 327 g/mol. The van der Waals surface area contributed by atoms with Crippen molar-refractivity contribution in [2.45, 2.75) is 42.2 Å². The number of hydrogen-bond acceptors (Lipinski definition) is 4. The van der Waals surface area contributed by atoms with E-state index in [0.29, 0.717) is 18.5 Å². The van der Waals surface area contributed by atoms with E-state index in [2.05, 4.69) is 4.72 Å². The largest absolute Gasteiger partial charge is 0.294 e. The first-order valence-electron chi connectivity index (χ1n) is 7.10. The number of ketones is 1. The van der Waals surface area contributed by atoms with E-state index in [1.165, 1.54) is 12.1 Å². The van der Waals surface area contributed by atoms with E-state index >= 15 is 0 Å². The summed E-state index contributed by atoms with van der Waals surface area (Å²) in [5.41, 5.74) is 0.448. The summed E-state index contributed by atoms with van der Waals surface area (Å²) < 4.78 is 27.5. The topological polar surface area (TPSA) is 63.2 Å². The summed E-state index contributed by atoms with van der Waals surface area (Å²) in [5, 5.41) is 0. The summed E-state index contributed by atoms with van der Waals surface area (Å²) in [6.45, 7) is 2.21.